The smallest absolute Gasteiger partial charge is 0.338 e. The van der Waals surface area contributed by atoms with Crippen molar-refractivity contribution in [2.75, 3.05) is 26.8 Å². The summed E-state index contributed by atoms with van der Waals surface area (Å²) in [5, 5.41) is 0. The van der Waals surface area contributed by atoms with Crippen molar-refractivity contribution in [1.82, 2.24) is 4.90 Å². The summed E-state index contributed by atoms with van der Waals surface area (Å²) in [5.74, 6) is 1.02. The van der Waals surface area contributed by atoms with Gasteiger partial charge in [0.15, 0.2) is 0 Å². The summed E-state index contributed by atoms with van der Waals surface area (Å²) in [6, 6.07) is 7.72. The van der Waals surface area contributed by atoms with E-state index in [4.69, 9.17) is 9.47 Å². The minimum Gasteiger partial charge on any atom is -0.497 e. The van der Waals surface area contributed by atoms with E-state index in [1.807, 2.05) is 0 Å². The molecule has 120 valence electrons. The van der Waals surface area contributed by atoms with Gasteiger partial charge in [0.2, 0.25) is 0 Å². The van der Waals surface area contributed by atoms with Gasteiger partial charge in [0.1, 0.15) is 5.75 Å². The third kappa shape index (κ3) is 3.43. The standard InChI is InChI=1S/C18H25NO3/c1-21-16-9-7-14(8-10-16)18(20)22-13-15-5-4-12-19-11-3-2-6-17(15)19/h7-10,15,17H,2-6,11-13H2,1H3/t15-,17+/m1/s1. The molecule has 0 aromatic heterocycles. The Morgan fingerprint density at radius 1 is 1.14 bits per heavy atom. The Morgan fingerprint density at radius 3 is 2.68 bits per heavy atom. The molecule has 1 aromatic carbocycles. The van der Waals surface area contributed by atoms with Crippen LogP contribution in [0.25, 0.3) is 0 Å². The van der Waals surface area contributed by atoms with E-state index in [-0.39, 0.29) is 5.97 Å². The number of ether oxygens (including phenoxy) is 2. The summed E-state index contributed by atoms with van der Waals surface area (Å²) in [7, 11) is 1.62. The monoisotopic (exact) mass is 303 g/mol. The average molecular weight is 303 g/mol. The number of hydrogen-bond acceptors (Lipinski definition) is 4. The molecule has 22 heavy (non-hydrogen) atoms. The zero-order chi connectivity index (χ0) is 15.4. The molecule has 2 heterocycles. The zero-order valence-corrected chi connectivity index (χ0v) is 13.3. The first kappa shape index (κ1) is 15.3. The highest BCUT2D eigenvalue weighted by Crippen LogP contribution is 2.31. The molecule has 0 amide bonds. The maximum absolute atomic E-state index is 12.2. The topological polar surface area (TPSA) is 38.8 Å². The third-order valence-corrected chi connectivity index (χ3v) is 4.98. The van der Waals surface area contributed by atoms with E-state index >= 15 is 0 Å². The van der Waals surface area contributed by atoms with Crippen molar-refractivity contribution >= 4 is 5.97 Å². The largest absolute Gasteiger partial charge is 0.497 e. The second-order valence-electron chi connectivity index (χ2n) is 6.33. The van der Waals surface area contributed by atoms with E-state index in [1.165, 1.54) is 45.2 Å². The first-order chi connectivity index (χ1) is 10.8. The molecule has 2 aliphatic heterocycles. The number of benzene rings is 1. The van der Waals surface area contributed by atoms with Crippen LogP contribution in [0.4, 0.5) is 0 Å². The predicted molar refractivity (Wildman–Crippen MR) is 85.2 cm³/mol. The van der Waals surface area contributed by atoms with Crippen molar-refractivity contribution in [3.05, 3.63) is 29.8 Å². The van der Waals surface area contributed by atoms with Crippen molar-refractivity contribution in [3.63, 3.8) is 0 Å². The molecule has 2 fully saturated rings. The maximum Gasteiger partial charge on any atom is 0.338 e. The lowest BCUT2D eigenvalue weighted by molar-refractivity contribution is 0.00739. The molecule has 4 heteroatoms. The summed E-state index contributed by atoms with van der Waals surface area (Å²) in [6.07, 6.45) is 6.28. The van der Waals surface area contributed by atoms with Crippen molar-refractivity contribution in [1.29, 1.82) is 0 Å². The Hall–Kier alpha value is -1.55. The molecular weight excluding hydrogens is 278 g/mol. The molecule has 0 radical (unpaired) electrons. The molecule has 0 unspecified atom stereocenters. The van der Waals surface area contributed by atoms with Gasteiger partial charge in [-0.25, -0.2) is 4.79 Å². The SMILES string of the molecule is COc1ccc(C(=O)OC[C@H]2CCCN3CCCC[C@@H]23)cc1. The fourth-order valence-electron chi connectivity index (χ4n) is 3.76. The van der Waals surface area contributed by atoms with Gasteiger partial charge < -0.3 is 9.47 Å². The Bertz CT molecular complexity index is 498. The van der Waals surface area contributed by atoms with Gasteiger partial charge in [-0.1, -0.05) is 6.42 Å². The molecule has 2 aliphatic rings. The molecule has 0 bridgehead atoms. The van der Waals surface area contributed by atoms with Gasteiger partial charge in [-0.05, 0) is 63.0 Å². The van der Waals surface area contributed by atoms with Crippen LogP contribution in [0.15, 0.2) is 24.3 Å². The molecule has 0 aliphatic carbocycles. The second kappa shape index (κ2) is 7.14. The van der Waals surface area contributed by atoms with Gasteiger partial charge in [0.05, 0.1) is 19.3 Å². The van der Waals surface area contributed by atoms with Crippen LogP contribution in [0.1, 0.15) is 42.5 Å². The first-order valence-corrected chi connectivity index (χ1v) is 8.33. The van der Waals surface area contributed by atoms with Crippen molar-refractivity contribution in [2.45, 2.75) is 38.1 Å². The van der Waals surface area contributed by atoms with Crippen molar-refractivity contribution < 1.29 is 14.3 Å². The number of rotatable bonds is 4. The molecule has 2 saturated heterocycles. The van der Waals surface area contributed by atoms with Crippen LogP contribution in [0.3, 0.4) is 0 Å². The summed E-state index contributed by atoms with van der Waals surface area (Å²) in [6.45, 7) is 2.98. The second-order valence-corrected chi connectivity index (χ2v) is 6.33. The quantitative estimate of drug-likeness (QED) is 0.801. The summed E-state index contributed by atoms with van der Waals surface area (Å²) in [5.41, 5.74) is 0.595. The van der Waals surface area contributed by atoms with Gasteiger partial charge in [-0.2, -0.15) is 0 Å². The summed E-state index contributed by atoms with van der Waals surface area (Å²) in [4.78, 5) is 14.8. The van der Waals surface area contributed by atoms with E-state index in [1.54, 1.807) is 31.4 Å². The Labute approximate surface area is 132 Å². The van der Waals surface area contributed by atoms with Crippen LogP contribution < -0.4 is 4.74 Å². The normalized spacial score (nSPS) is 25.3. The predicted octanol–water partition coefficient (Wildman–Crippen LogP) is 3.12. The van der Waals surface area contributed by atoms with Crippen LogP contribution in [-0.2, 0) is 4.74 Å². The lowest BCUT2D eigenvalue weighted by Crippen LogP contribution is -2.49. The molecule has 0 saturated carbocycles. The number of fused-ring (bicyclic) bond motifs is 1. The Kier molecular flexibility index (Phi) is 4.98. The number of methoxy groups -OCH3 is 1. The van der Waals surface area contributed by atoms with E-state index < -0.39 is 0 Å². The molecule has 0 N–H and O–H groups in total. The number of esters is 1. The van der Waals surface area contributed by atoms with Gasteiger partial charge in [0, 0.05) is 12.0 Å². The summed E-state index contributed by atoms with van der Waals surface area (Å²) < 4.78 is 10.7. The Balaban J connectivity index is 1.55. The number of hydrogen-bond donors (Lipinski definition) is 0. The number of carbonyl (C=O) groups is 1. The average Bonchev–Trinajstić information content (AvgIpc) is 2.59. The molecule has 4 nitrogen and oxygen atoms in total. The molecule has 2 atom stereocenters. The molecule has 1 aromatic rings. The van der Waals surface area contributed by atoms with Gasteiger partial charge in [-0.15, -0.1) is 0 Å². The van der Waals surface area contributed by atoms with Crippen LogP contribution in [0, 0.1) is 5.92 Å². The number of carbonyl (C=O) groups excluding carboxylic acids is 1. The fourth-order valence-corrected chi connectivity index (χ4v) is 3.76. The number of nitrogens with zero attached hydrogens (tertiary/aromatic N) is 1. The van der Waals surface area contributed by atoms with Gasteiger partial charge in [0.25, 0.3) is 0 Å². The maximum atomic E-state index is 12.2. The van der Waals surface area contributed by atoms with Gasteiger partial charge in [-0.3, -0.25) is 4.90 Å². The summed E-state index contributed by atoms with van der Waals surface area (Å²) >= 11 is 0. The minimum absolute atomic E-state index is 0.226. The fraction of sp³-hybridized carbons (Fsp3) is 0.611. The van der Waals surface area contributed by atoms with E-state index in [0.29, 0.717) is 24.1 Å². The van der Waals surface area contributed by atoms with Crippen molar-refractivity contribution in [3.8, 4) is 5.75 Å². The van der Waals surface area contributed by atoms with Crippen LogP contribution >= 0.6 is 0 Å². The van der Waals surface area contributed by atoms with E-state index in [0.717, 1.165) is 5.75 Å². The van der Waals surface area contributed by atoms with E-state index in [9.17, 15) is 4.79 Å². The van der Waals surface area contributed by atoms with Crippen LogP contribution in [0.5, 0.6) is 5.75 Å². The third-order valence-electron chi connectivity index (χ3n) is 4.98. The zero-order valence-electron chi connectivity index (χ0n) is 13.3. The van der Waals surface area contributed by atoms with Gasteiger partial charge >= 0.3 is 5.97 Å². The van der Waals surface area contributed by atoms with Crippen LogP contribution in [0.2, 0.25) is 0 Å². The minimum atomic E-state index is -0.226. The molecular formula is C18H25NO3. The molecule has 0 spiro atoms. The lowest BCUT2D eigenvalue weighted by Gasteiger charge is -2.44. The van der Waals surface area contributed by atoms with Crippen molar-refractivity contribution in [2.24, 2.45) is 5.92 Å². The Morgan fingerprint density at radius 2 is 1.91 bits per heavy atom. The first-order valence-electron chi connectivity index (χ1n) is 8.33. The highest BCUT2D eigenvalue weighted by Gasteiger charge is 2.33. The van der Waals surface area contributed by atoms with E-state index in [2.05, 4.69) is 4.90 Å². The highest BCUT2D eigenvalue weighted by molar-refractivity contribution is 5.89. The highest BCUT2D eigenvalue weighted by atomic mass is 16.5. The lowest BCUT2D eigenvalue weighted by atomic mass is 9.84. The molecule has 3 rings (SSSR count). The van der Waals surface area contributed by atoms with Crippen LogP contribution in [-0.4, -0.2) is 43.7 Å². The number of piperidine rings is 2.